The zero-order chi connectivity index (χ0) is 22.2. The molecule has 31 heavy (non-hydrogen) atoms. The number of unbranched alkanes of at least 4 members (excludes halogenated alkanes) is 1. The van der Waals surface area contributed by atoms with Gasteiger partial charge in [0.2, 0.25) is 5.91 Å². The van der Waals surface area contributed by atoms with Gasteiger partial charge in [0.1, 0.15) is 5.82 Å². The van der Waals surface area contributed by atoms with Crippen LogP contribution in [0, 0.1) is 5.82 Å². The summed E-state index contributed by atoms with van der Waals surface area (Å²) in [6, 6.07) is 12.7. The zero-order valence-electron chi connectivity index (χ0n) is 16.8. The summed E-state index contributed by atoms with van der Waals surface area (Å²) in [6.07, 6.45) is 1.76. The van der Waals surface area contributed by atoms with E-state index in [-0.39, 0.29) is 11.4 Å². The van der Waals surface area contributed by atoms with Crippen molar-refractivity contribution in [2.75, 3.05) is 12.3 Å². The third-order valence-electron chi connectivity index (χ3n) is 4.24. The maximum atomic E-state index is 14.6. The van der Waals surface area contributed by atoms with E-state index >= 15 is 0 Å². The standard InChI is InChI=1S/C21H21ClFN5O2S/c1-2-3-12-24-20(30)25-18(29)13-31-21-27-26-19(14-8-4-5-9-15(14)22)28(21)17-11-7-6-10-16(17)23/h4-11H,2-3,12-13H2,1H3,(H2,24,25,29,30). The van der Waals surface area contributed by atoms with Crippen molar-refractivity contribution in [3.8, 4) is 17.1 Å². The summed E-state index contributed by atoms with van der Waals surface area (Å²) in [5, 5.41) is 13.9. The number of nitrogens with one attached hydrogen (secondary N) is 2. The number of halogens is 2. The van der Waals surface area contributed by atoms with E-state index in [1.54, 1.807) is 42.5 Å². The number of rotatable bonds is 8. The number of hydrogen-bond donors (Lipinski definition) is 2. The van der Waals surface area contributed by atoms with E-state index in [1.165, 1.54) is 10.6 Å². The summed E-state index contributed by atoms with van der Waals surface area (Å²) in [4.78, 5) is 23.9. The number of carbonyl (C=O) groups is 2. The van der Waals surface area contributed by atoms with E-state index in [2.05, 4.69) is 20.8 Å². The number of carbonyl (C=O) groups excluding carboxylic acids is 2. The van der Waals surface area contributed by atoms with Gasteiger partial charge in [-0.25, -0.2) is 9.18 Å². The highest BCUT2D eigenvalue weighted by atomic mass is 35.5. The van der Waals surface area contributed by atoms with Crippen LogP contribution in [-0.2, 0) is 4.79 Å². The summed E-state index contributed by atoms with van der Waals surface area (Å²) < 4.78 is 16.1. The van der Waals surface area contributed by atoms with Crippen LogP contribution < -0.4 is 10.6 Å². The molecule has 1 aromatic heterocycles. The Bertz CT molecular complexity index is 1080. The van der Waals surface area contributed by atoms with Crippen LogP contribution >= 0.6 is 23.4 Å². The van der Waals surface area contributed by atoms with Gasteiger partial charge in [0.05, 0.1) is 16.5 Å². The third kappa shape index (κ3) is 5.83. The van der Waals surface area contributed by atoms with Crippen molar-refractivity contribution in [2.45, 2.75) is 24.9 Å². The minimum Gasteiger partial charge on any atom is -0.338 e. The molecule has 10 heteroatoms. The molecule has 2 aromatic carbocycles. The van der Waals surface area contributed by atoms with Gasteiger partial charge in [-0.2, -0.15) is 0 Å². The van der Waals surface area contributed by atoms with Crippen molar-refractivity contribution < 1.29 is 14.0 Å². The SMILES string of the molecule is CCCCNC(=O)NC(=O)CSc1nnc(-c2ccccc2Cl)n1-c1ccccc1F. The molecule has 1 heterocycles. The normalized spacial score (nSPS) is 10.7. The third-order valence-corrected chi connectivity index (χ3v) is 5.50. The molecule has 0 aliphatic rings. The Morgan fingerprint density at radius 1 is 1.13 bits per heavy atom. The molecule has 0 spiro atoms. The van der Waals surface area contributed by atoms with Crippen LogP contribution in [0.1, 0.15) is 19.8 Å². The Kier molecular flexibility index (Phi) is 8.02. The van der Waals surface area contributed by atoms with Crippen LogP contribution in [0.2, 0.25) is 5.02 Å². The van der Waals surface area contributed by atoms with Crippen molar-refractivity contribution in [3.63, 3.8) is 0 Å². The minimum atomic E-state index is -0.550. The highest BCUT2D eigenvalue weighted by molar-refractivity contribution is 7.99. The first kappa shape index (κ1) is 22.8. The quantitative estimate of drug-likeness (QED) is 0.382. The fourth-order valence-electron chi connectivity index (χ4n) is 2.75. The van der Waals surface area contributed by atoms with E-state index in [1.807, 2.05) is 6.92 Å². The lowest BCUT2D eigenvalue weighted by atomic mass is 10.2. The number of amides is 3. The minimum absolute atomic E-state index is 0.101. The second-order valence-corrected chi connectivity index (χ2v) is 7.87. The molecule has 0 saturated heterocycles. The Morgan fingerprint density at radius 2 is 1.87 bits per heavy atom. The summed E-state index contributed by atoms with van der Waals surface area (Å²) >= 11 is 7.35. The van der Waals surface area contributed by atoms with Crippen LogP contribution in [0.4, 0.5) is 9.18 Å². The van der Waals surface area contributed by atoms with Gasteiger partial charge in [0.25, 0.3) is 0 Å². The predicted octanol–water partition coefficient (Wildman–Crippen LogP) is 4.44. The molecule has 3 amide bonds. The summed E-state index contributed by atoms with van der Waals surface area (Å²) in [7, 11) is 0. The Hall–Kier alpha value is -2.91. The van der Waals surface area contributed by atoms with Crippen molar-refractivity contribution in [2.24, 2.45) is 0 Å². The number of nitrogens with zero attached hydrogens (tertiary/aromatic N) is 3. The van der Waals surface area contributed by atoms with E-state index < -0.39 is 17.8 Å². The van der Waals surface area contributed by atoms with Crippen molar-refractivity contribution in [1.29, 1.82) is 0 Å². The molecule has 2 N–H and O–H groups in total. The molecule has 0 aliphatic heterocycles. The monoisotopic (exact) mass is 461 g/mol. The fourth-order valence-corrected chi connectivity index (χ4v) is 3.71. The molecule has 162 valence electrons. The second-order valence-electron chi connectivity index (χ2n) is 6.52. The number of urea groups is 1. The van der Waals surface area contributed by atoms with Crippen LogP contribution in [0.5, 0.6) is 0 Å². The maximum absolute atomic E-state index is 14.6. The molecule has 7 nitrogen and oxygen atoms in total. The van der Waals surface area contributed by atoms with Gasteiger partial charge in [-0.3, -0.25) is 14.7 Å². The van der Waals surface area contributed by atoms with Crippen LogP contribution in [0.25, 0.3) is 17.1 Å². The van der Waals surface area contributed by atoms with E-state index in [0.717, 1.165) is 24.6 Å². The molecule has 0 saturated carbocycles. The smallest absolute Gasteiger partial charge is 0.321 e. The molecule has 0 fully saturated rings. The van der Waals surface area contributed by atoms with Crippen molar-refractivity contribution >= 4 is 35.3 Å². The first-order chi connectivity index (χ1) is 15.0. The van der Waals surface area contributed by atoms with Crippen LogP contribution in [0.15, 0.2) is 53.7 Å². The number of hydrogen-bond acceptors (Lipinski definition) is 5. The molecule has 0 bridgehead atoms. The van der Waals surface area contributed by atoms with E-state index in [0.29, 0.717) is 28.1 Å². The Balaban J connectivity index is 1.83. The van der Waals surface area contributed by atoms with E-state index in [9.17, 15) is 14.0 Å². The lowest BCUT2D eigenvalue weighted by molar-refractivity contribution is -0.117. The highest BCUT2D eigenvalue weighted by Crippen LogP contribution is 2.32. The Labute approximate surface area is 188 Å². The predicted molar refractivity (Wildman–Crippen MR) is 119 cm³/mol. The number of para-hydroxylation sites is 1. The first-order valence-electron chi connectivity index (χ1n) is 9.67. The molecule has 0 unspecified atom stereocenters. The summed E-state index contributed by atoms with van der Waals surface area (Å²) in [5.74, 6) is -0.731. The largest absolute Gasteiger partial charge is 0.338 e. The summed E-state index contributed by atoms with van der Waals surface area (Å²) in [5.41, 5.74) is 0.800. The average Bonchev–Trinajstić information content (AvgIpc) is 3.16. The molecule has 0 aliphatic carbocycles. The van der Waals surface area contributed by atoms with Crippen LogP contribution in [0.3, 0.4) is 0 Å². The number of imide groups is 1. The van der Waals surface area contributed by atoms with Gasteiger partial charge in [-0.1, -0.05) is 61.0 Å². The maximum Gasteiger partial charge on any atom is 0.321 e. The summed E-state index contributed by atoms with van der Waals surface area (Å²) in [6.45, 7) is 2.50. The first-order valence-corrected chi connectivity index (χ1v) is 11.0. The van der Waals surface area contributed by atoms with Crippen LogP contribution in [-0.4, -0.2) is 39.0 Å². The zero-order valence-corrected chi connectivity index (χ0v) is 18.3. The molecule has 0 radical (unpaired) electrons. The van der Waals surface area contributed by atoms with Crippen molar-refractivity contribution in [3.05, 3.63) is 59.4 Å². The van der Waals surface area contributed by atoms with Crippen molar-refractivity contribution in [1.82, 2.24) is 25.4 Å². The van der Waals surface area contributed by atoms with Gasteiger partial charge < -0.3 is 5.32 Å². The lowest BCUT2D eigenvalue weighted by Crippen LogP contribution is -2.40. The topological polar surface area (TPSA) is 88.9 Å². The van der Waals surface area contributed by atoms with Gasteiger partial charge in [0, 0.05) is 12.1 Å². The molecule has 3 aromatic rings. The van der Waals surface area contributed by atoms with Gasteiger partial charge in [0.15, 0.2) is 11.0 Å². The highest BCUT2D eigenvalue weighted by Gasteiger charge is 2.21. The molecular weight excluding hydrogens is 441 g/mol. The number of benzene rings is 2. The average molecular weight is 462 g/mol. The molecule has 3 rings (SSSR count). The number of thioether (sulfide) groups is 1. The van der Waals surface area contributed by atoms with Gasteiger partial charge >= 0.3 is 6.03 Å². The number of aromatic nitrogens is 3. The molecular formula is C21H21ClFN5O2S. The van der Waals surface area contributed by atoms with Gasteiger partial charge in [-0.05, 0) is 30.7 Å². The van der Waals surface area contributed by atoms with Gasteiger partial charge in [-0.15, -0.1) is 10.2 Å². The Morgan fingerprint density at radius 3 is 2.61 bits per heavy atom. The van der Waals surface area contributed by atoms with E-state index in [4.69, 9.17) is 11.6 Å². The second kappa shape index (κ2) is 10.9. The fraction of sp³-hybridized carbons (Fsp3) is 0.238. The lowest BCUT2D eigenvalue weighted by Gasteiger charge is -2.12. The molecule has 0 atom stereocenters.